The van der Waals surface area contributed by atoms with Gasteiger partial charge in [-0.25, -0.2) is 0 Å². The van der Waals surface area contributed by atoms with E-state index in [9.17, 15) is 9.59 Å². The van der Waals surface area contributed by atoms with Crippen LogP contribution in [0.2, 0.25) is 0 Å². The molecule has 0 aliphatic rings. The third-order valence-corrected chi connectivity index (χ3v) is 4.69. The lowest BCUT2D eigenvalue weighted by Crippen LogP contribution is -2.35. The lowest BCUT2D eigenvalue weighted by atomic mass is 9.99. The average Bonchev–Trinajstić information content (AvgIpc) is 2.68. The highest BCUT2D eigenvalue weighted by Gasteiger charge is 2.14. The number of amides is 1. The Hall–Kier alpha value is -2.95. The minimum absolute atomic E-state index is 0.000780. The van der Waals surface area contributed by atoms with Crippen molar-refractivity contribution in [3.05, 3.63) is 59.7 Å². The molecule has 0 radical (unpaired) electrons. The summed E-state index contributed by atoms with van der Waals surface area (Å²) >= 11 is 0. The van der Waals surface area contributed by atoms with E-state index < -0.39 is 5.97 Å². The van der Waals surface area contributed by atoms with E-state index >= 15 is 0 Å². The van der Waals surface area contributed by atoms with Crippen molar-refractivity contribution in [2.24, 2.45) is 0 Å². The Kier molecular flexibility index (Phi) is 7.93. The first-order valence-corrected chi connectivity index (χ1v) is 9.72. The summed E-state index contributed by atoms with van der Waals surface area (Å²) in [6, 6.07) is 15.8. The fourth-order valence-electron chi connectivity index (χ4n) is 3.20. The summed E-state index contributed by atoms with van der Waals surface area (Å²) in [5.41, 5.74) is 4.11. The molecule has 0 aliphatic heterocycles. The van der Waals surface area contributed by atoms with Crippen molar-refractivity contribution >= 4 is 17.7 Å². The highest BCUT2D eigenvalue weighted by atomic mass is 16.4. The molecule has 0 fully saturated rings. The van der Waals surface area contributed by atoms with Crippen molar-refractivity contribution in [1.29, 1.82) is 5.41 Å². The van der Waals surface area contributed by atoms with Crippen LogP contribution in [-0.2, 0) is 22.4 Å². The van der Waals surface area contributed by atoms with E-state index in [0.717, 1.165) is 29.5 Å². The van der Waals surface area contributed by atoms with E-state index in [1.54, 1.807) is 4.90 Å². The van der Waals surface area contributed by atoms with Crippen molar-refractivity contribution in [3.8, 4) is 11.1 Å². The van der Waals surface area contributed by atoms with Crippen LogP contribution in [0.15, 0.2) is 48.5 Å². The van der Waals surface area contributed by atoms with E-state index in [0.29, 0.717) is 25.2 Å². The van der Waals surface area contributed by atoms with Crippen LogP contribution in [0, 0.1) is 5.41 Å². The third kappa shape index (κ3) is 6.05. The number of aryl methyl sites for hydroxylation is 1. The summed E-state index contributed by atoms with van der Waals surface area (Å²) in [6.07, 6.45) is 2.68. The number of carboxylic acid groups (broad SMARTS) is 1. The first kappa shape index (κ1) is 21.4. The fourth-order valence-corrected chi connectivity index (χ4v) is 3.20. The van der Waals surface area contributed by atoms with Gasteiger partial charge in [-0.15, -0.1) is 0 Å². The number of hydrogen-bond donors (Lipinski definition) is 2. The maximum atomic E-state index is 11.9. The summed E-state index contributed by atoms with van der Waals surface area (Å²) in [5, 5.41) is 17.0. The average molecular weight is 380 g/mol. The number of carboxylic acids is 1. The number of rotatable bonds is 9. The summed E-state index contributed by atoms with van der Waals surface area (Å²) < 4.78 is 0. The fraction of sp³-hybridized carbons (Fsp3) is 0.348. The SMILES string of the molecule is CCC(=O)N(CC)C(=N)CCCc1cccc(-c2ccc(CC(=O)O)cc2)c1. The molecule has 1 amide bonds. The minimum Gasteiger partial charge on any atom is -0.481 e. The van der Waals surface area contributed by atoms with Crippen molar-refractivity contribution in [2.75, 3.05) is 6.54 Å². The Labute approximate surface area is 166 Å². The number of benzene rings is 2. The van der Waals surface area contributed by atoms with Crippen LogP contribution in [0.1, 0.15) is 44.2 Å². The molecule has 0 unspecified atom stereocenters. The van der Waals surface area contributed by atoms with Gasteiger partial charge < -0.3 is 10.0 Å². The summed E-state index contributed by atoms with van der Waals surface area (Å²) in [5.74, 6) is -0.442. The highest BCUT2D eigenvalue weighted by molar-refractivity contribution is 5.96. The molecule has 0 atom stereocenters. The Balaban J connectivity index is 1.97. The molecule has 2 rings (SSSR count). The Morgan fingerprint density at radius 1 is 1.00 bits per heavy atom. The number of nitrogens with zero attached hydrogens (tertiary/aromatic N) is 1. The van der Waals surface area contributed by atoms with Crippen molar-refractivity contribution < 1.29 is 14.7 Å². The van der Waals surface area contributed by atoms with Gasteiger partial charge in [0.25, 0.3) is 0 Å². The van der Waals surface area contributed by atoms with Gasteiger partial charge in [0, 0.05) is 19.4 Å². The molecule has 0 aromatic heterocycles. The van der Waals surface area contributed by atoms with Gasteiger partial charge in [0.2, 0.25) is 5.91 Å². The van der Waals surface area contributed by atoms with E-state index in [1.165, 1.54) is 5.56 Å². The largest absolute Gasteiger partial charge is 0.481 e. The van der Waals surface area contributed by atoms with Crippen LogP contribution in [-0.4, -0.2) is 34.3 Å². The highest BCUT2D eigenvalue weighted by Crippen LogP contribution is 2.22. The molecule has 0 aliphatic carbocycles. The van der Waals surface area contributed by atoms with Crippen molar-refractivity contribution in [1.82, 2.24) is 4.90 Å². The molecule has 0 saturated heterocycles. The minimum atomic E-state index is -0.831. The van der Waals surface area contributed by atoms with Gasteiger partial charge in [0.05, 0.1) is 6.42 Å². The normalized spacial score (nSPS) is 10.5. The van der Waals surface area contributed by atoms with Gasteiger partial charge in [0.1, 0.15) is 5.84 Å². The quantitative estimate of drug-likeness (QED) is 0.495. The van der Waals surface area contributed by atoms with E-state index in [-0.39, 0.29) is 12.3 Å². The molecule has 2 aromatic carbocycles. The zero-order valence-electron chi connectivity index (χ0n) is 16.6. The summed E-state index contributed by atoms with van der Waals surface area (Å²) in [6.45, 7) is 4.25. The molecule has 2 N–H and O–H groups in total. The molecular formula is C23H28N2O3. The molecule has 0 heterocycles. The van der Waals surface area contributed by atoms with Gasteiger partial charge >= 0.3 is 5.97 Å². The van der Waals surface area contributed by atoms with Crippen molar-refractivity contribution in [3.63, 3.8) is 0 Å². The third-order valence-electron chi connectivity index (χ3n) is 4.69. The second kappa shape index (κ2) is 10.4. The molecule has 28 heavy (non-hydrogen) atoms. The lowest BCUT2D eigenvalue weighted by molar-refractivity contribution is -0.136. The van der Waals surface area contributed by atoms with Crippen molar-refractivity contribution in [2.45, 2.75) is 46.0 Å². The van der Waals surface area contributed by atoms with Crippen LogP contribution < -0.4 is 0 Å². The van der Waals surface area contributed by atoms with Crippen LogP contribution in [0.5, 0.6) is 0 Å². The van der Waals surface area contributed by atoms with Gasteiger partial charge in [-0.2, -0.15) is 0 Å². The molecule has 0 spiro atoms. The van der Waals surface area contributed by atoms with Crippen LogP contribution in [0.3, 0.4) is 0 Å². The van der Waals surface area contributed by atoms with E-state index in [2.05, 4.69) is 12.1 Å². The summed E-state index contributed by atoms with van der Waals surface area (Å²) in [7, 11) is 0. The standard InChI is InChI=1S/C23H28N2O3/c1-3-22(26)25(4-2)21(24)10-6-8-17-7-5-9-20(15-17)19-13-11-18(12-14-19)16-23(27)28/h5,7,9,11-15,24H,3-4,6,8,10,16H2,1-2H3,(H,27,28). The molecule has 5 heteroatoms. The number of carbonyl (C=O) groups is 2. The monoisotopic (exact) mass is 380 g/mol. The predicted molar refractivity (Wildman–Crippen MR) is 112 cm³/mol. The number of nitrogens with one attached hydrogen (secondary N) is 1. The topological polar surface area (TPSA) is 81.5 Å². The van der Waals surface area contributed by atoms with Gasteiger partial charge in [-0.1, -0.05) is 55.5 Å². The number of aliphatic carboxylic acids is 1. The van der Waals surface area contributed by atoms with Crippen LogP contribution in [0.25, 0.3) is 11.1 Å². The molecular weight excluding hydrogens is 352 g/mol. The second-order valence-corrected chi connectivity index (χ2v) is 6.76. The maximum Gasteiger partial charge on any atom is 0.307 e. The lowest BCUT2D eigenvalue weighted by Gasteiger charge is -2.21. The molecule has 0 bridgehead atoms. The van der Waals surface area contributed by atoms with Crippen LogP contribution in [0.4, 0.5) is 0 Å². The number of hydrogen-bond acceptors (Lipinski definition) is 3. The molecule has 2 aromatic rings. The zero-order chi connectivity index (χ0) is 20.5. The predicted octanol–water partition coefficient (Wildman–Crippen LogP) is 4.54. The van der Waals surface area contributed by atoms with E-state index in [4.69, 9.17) is 10.5 Å². The number of carbonyl (C=O) groups excluding carboxylic acids is 1. The second-order valence-electron chi connectivity index (χ2n) is 6.76. The molecule has 148 valence electrons. The Morgan fingerprint density at radius 2 is 1.71 bits per heavy atom. The van der Waals surface area contributed by atoms with Gasteiger partial charge in [0.15, 0.2) is 0 Å². The maximum absolute atomic E-state index is 11.9. The molecule has 5 nitrogen and oxygen atoms in total. The molecule has 0 saturated carbocycles. The summed E-state index contributed by atoms with van der Waals surface area (Å²) in [4.78, 5) is 24.2. The Bertz CT molecular complexity index is 828. The van der Waals surface area contributed by atoms with Gasteiger partial charge in [-0.3, -0.25) is 15.0 Å². The van der Waals surface area contributed by atoms with E-state index in [1.807, 2.05) is 50.2 Å². The van der Waals surface area contributed by atoms with Crippen LogP contribution >= 0.6 is 0 Å². The first-order valence-electron chi connectivity index (χ1n) is 9.72. The number of amidine groups is 1. The smallest absolute Gasteiger partial charge is 0.307 e. The van der Waals surface area contributed by atoms with Gasteiger partial charge in [-0.05, 0) is 42.0 Å². The first-order chi connectivity index (χ1) is 13.4. The zero-order valence-corrected chi connectivity index (χ0v) is 16.6. The Morgan fingerprint density at radius 3 is 2.32 bits per heavy atom.